The van der Waals surface area contributed by atoms with Gasteiger partial charge in [0.25, 0.3) is 11.8 Å². The lowest BCUT2D eigenvalue weighted by Gasteiger charge is -2.07. The summed E-state index contributed by atoms with van der Waals surface area (Å²) < 4.78 is 0. The minimum Gasteiger partial charge on any atom is -0.352 e. The Hall–Kier alpha value is -2.69. The highest BCUT2D eigenvalue weighted by atomic mass is 16.2. The molecular weight excluding hydrogens is 278 g/mol. The number of hydrogen-bond donors (Lipinski definition) is 2. The highest BCUT2D eigenvalue weighted by Crippen LogP contribution is 1.99. The molecule has 5 nitrogen and oxygen atoms in total. The molecule has 114 valence electrons. The lowest BCUT2D eigenvalue weighted by molar-refractivity contribution is 0.0951. The first-order valence-electron chi connectivity index (χ1n) is 7.21. The Bertz CT molecular complexity index is 624. The predicted octanol–water partition coefficient (Wildman–Crippen LogP) is 1.94. The van der Waals surface area contributed by atoms with E-state index in [4.69, 9.17) is 0 Å². The van der Waals surface area contributed by atoms with E-state index in [9.17, 15) is 9.59 Å². The molecular formula is C17H19N3O2. The number of aromatic nitrogens is 1. The minimum atomic E-state index is -0.151. The Balaban J connectivity index is 1.66. The summed E-state index contributed by atoms with van der Waals surface area (Å²) in [7, 11) is 0. The van der Waals surface area contributed by atoms with Crippen molar-refractivity contribution in [2.45, 2.75) is 13.3 Å². The smallest absolute Gasteiger partial charge is 0.252 e. The number of pyridine rings is 1. The molecule has 2 N–H and O–H groups in total. The van der Waals surface area contributed by atoms with Crippen molar-refractivity contribution in [1.29, 1.82) is 0 Å². The number of hydrogen-bond acceptors (Lipinski definition) is 3. The van der Waals surface area contributed by atoms with Crippen LogP contribution < -0.4 is 10.6 Å². The van der Waals surface area contributed by atoms with E-state index >= 15 is 0 Å². The second-order valence-electron chi connectivity index (χ2n) is 4.92. The van der Waals surface area contributed by atoms with Gasteiger partial charge < -0.3 is 10.6 Å². The fraction of sp³-hybridized carbons (Fsp3) is 0.235. The highest BCUT2D eigenvalue weighted by molar-refractivity contribution is 5.94. The van der Waals surface area contributed by atoms with Gasteiger partial charge in [0.1, 0.15) is 0 Å². The molecule has 0 aliphatic rings. The van der Waals surface area contributed by atoms with Crippen LogP contribution >= 0.6 is 0 Å². The van der Waals surface area contributed by atoms with Crippen molar-refractivity contribution in [2.75, 3.05) is 13.1 Å². The van der Waals surface area contributed by atoms with Gasteiger partial charge in [-0.3, -0.25) is 14.6 Å². The van der Waals surface area contributed by atoms with Crippen molar-refractivity contribution < 1.29 is 9.59 Å². The molecule has 0 saturated carbocycles. The van der Waals surface area contributed by atoms with Crippen LogP contribution in [-0.4, -0.2) is 29.9 Å². The summed E-state index contributed by atoms with van der Waals surface area (Å²) in [4.78, 5) is 27.7. The average molecular weight is 297 g/mol. The van der Waals surface area contributed by atoms with Gasteiger partial charge in [0, 0.05) is 30.5 Å². The topological polar surface area (TPSA) is 71.1 Å². The summed E-state index contributed by atoms with van der Waals surface area (Å²) in [5.41, 5.74) is 2.05. The van der Waals surface area contributed by atoms with Crippen LogP contribution in [0.15, 0.2) is 48.7 Å². The van der Waals surface area contributed by atoms with Crippen molar-refractivity contribution >= 4 is 11.8 Å². The molecule has 0 unspecified atom stereocenters. The van der Waals surface area contributed by atoms with Crippen molar-refractivity contribution in [2.24, 2.45) is 0 Å². The zero-order valence-electron chi connectivity index (χ0n) is 12.5. The van der Waals surface area contributed by atoms with E-state index in [1.807, 2.05) is 25.1 Å². The van der Waals surface area contributed by atoms with Crippen LogP contribution in [0.3, 0.4) is 0 Å². The third kappa shape index (κ3) is 4.70. The number of benzene rings is 1. The number of nitrogens with zero attached hydrogens (tertiary/aromatic N) is 1. The third-order valence-corrected chi connectivity index (χ3v) is 3.13. The highest BCUT2D eigenvalue weighted by Gasteiger charge is 2.05. The van der Waals surface area contributed by atoms with Crippen molar-refractivity contribution in [3.05, 3.63) is 65.5 Å². The standard InChI is InChI=1S/C17H19N3O2/c1-13-8-9-15(12-20-13)17(22)19-11-5-10-18-16(21)14-6-3-2-4-7-14/h2-4,6-9,12H,5,10-11H2,1H3,(H,18,21)(H,19,22). The van der Waals surface area contributed by atoms with Gasteiger partial charge in [-0.15, -0.1) is 0 Å². The monoisotopic (exact) mass is 297 g/mol. The van der Waals surface area contributed by atoms with Crippen LogP contribution in [0, 0.1) is 6.92 Å². The maximum absolute atomic E-state index is 11.8. The fourth-order valence-electron chi connectivity index (χ4n) is 1.89. The van der Waals surface area contributed by atoms with E-state index in [1.165, 1.54) is 0 Å². The van der Waals surface area contributed by atoms with E-state index in [0.717, 1.165) is 5.69 Å². The zero-order valence-corrected chi connectivity index (χ0v) is 12.5. The van der Waals surface area contributed by atoms with E-state index < -0.39 is 0 Å². The number of amides is 2. The summed E-state index contributed by atoms with van der Waals surface area (Å²) in [6.45, 7) is 2.89. The van der Waals surface area contributed by atoms with Crippen molar-refractivity contribution in [3.63, 3.8) is 0 Å². The molecule has 0 radical (unpaired) electrons. The molecule has 1 heterocycles. The maximum atomic E-state index is 11.8. The van der Waals surface area contributed by atoms with Crippen LogP contribution in [0.1, 0.15) is 32.8 Å². The van der Waals surface area contributed by atoms with Crippen LogP contribution in [0.2, 0.25) is 0 Å². The van der Waals surface area contributed by atoms with E-state index in [0.29, 0.717) is 30.6 Å². The van der Waals surface area contributed by atoms with Crippen LogP contribution in [-0.2, 0) is 0 Å². The van der Waals surface area contributed by atoms with E-state index in [1.54, 1.807) is 30.5 Å². The molecule has 2 aromatic rings. The van der Waals surface area contributed by atoms with Crippen LogP contribution in [0.4, 0.5) is 0 Å². The molecule has 0 atom stereocenters. The Labute approximate surface area is 129 Å². The van der Waals surface area contributed by atoms with Gasteiger partial charge in [-0.2, -0.15) is 0 Å². The molecule has 22 heavy (non-hydrogen) atoms. The summed E-state index contributed by atoms with van der Waals surface area (Å²) in [5.74, 6) is -0.253. The third-order valence-electron chi connectivity index (χ3n) is 3.13. The Morgan fingerprint density at radius 3 is 2.14 bits per heavy atom. The number of carbonyl (C=O) groups excluding carboxylic acids is 2. The summed E-state index contributed by atoms with van der Waals surface area (Å²) in [6, 6.07) is 12.6. The predicted molar refractivity (Wildman–Crippen MR) is 84.7 cm³/mol. The second kappa shape index (κ2) is 7.93. The molecule has 5 heteroatoms. The average Bonchev–Trinajstić information content (AvgIpc) is 2.55. The second-order valence-corrected chi connectivity index (χ2v) is 4.92. The normalized spacial score (nSPS) is 10.0. The Morgan fingerprint density at radius 2 is 1.55 bits per heavy atom. The van der Waals surface area contributed by atoms with Crippen LogP contribution in [0.25, 0.3) is 0 Å². The summed E-state index contributed by atoms with van der Waals surface area (Å²) in [5, 5.41) is 5.62. The molecule has 1 aromatic carbocycles. The quantitative estimate of drug-likeness (QED) is 0.800. The Morgan fingerprint density at radius 1 is 0.909 bits per heavy atom. The molecule has 0 saturated heterocycles. The lowest BCUT2D eigenvalue weighted by Crippen LogP contribution is -2.29. The number of carbonyl (C=O) groups is 2. The van der Waals surface area contributed by atoms with Gasteiger partial charge in [-0.05, 0) is 37.6 Å². The van der Waals surface area contributed by atoms with Crippen molar-refractivity contribution in [1.82, 2.24) is 15.6 Å². The lowest BCUT2D eigenvalue weighted by atomic mass is 10.2. The van der Waals surface area contributed by atoms with Gasteiger partial charge in [-0.1, -0.05) is 18.2 Å². The molecule has 0 bridgehead atoms. The molecule has 0 aliphatic heterocycles. The largest absolute Gasteiger partial charge is 0.352 e. The van der Waals surface area contributed by atoms with E-state index in [2.05, 4.69) is 15.6 Å². The Kier molecular flexibility index (Phi) is 5.65. The summed E-state index contributed by atoms with van der Waals surface area (Å²) in [6.07, 6.45) is 2.23. The number of nitrogens with one attached hydrogen (secondary N) is 2. The first-order valence-corrected chi connectivity index (χ1v) is 7.21. The first-order chi connectivity index (χ1) is 10.7. The van der Waals surface area contributed by atoms with Gasteiger partial charge >= 0.3 is 0 Å². The van der Waals surface area contributed by atoms with Gasteiger partial charge in [0.15, 0.2) is 0 Å². The molecule has 2 amide bonds. The van der Waals surface area contributed by atoms with Gasteiger partial charge in [0.2, 0.25) is 0 Å². The summed E-state index contributed by atoms with van der Waals surface area (Å²) >= 11 is 0. The van der Waals surface area contributed by atoms with Crippen LogP contribution in [0.5, 0.6) is 0 Å². The fourth-order valence-corrected chi connectivity index (χ4v) is 1.89. The molecule has 0 fully saturated rings. The minimum absolute atomic E-state index is 0.102. The number of aryl methyl sites for hydroxylation is 1. The zero-order chi connectivity index (χ0) is 15.8. The molecule has 2 rings (SSSR count). The first kappa shape index (κ1) is 15.7. The van der Waals surface area contributed by atoms with Gasteiger partial charge in [0.05, 0.1) is 5.56 Å². The number of rotatable bonds is 6. The molecule has 0 aliphatic carbocycles. The van der Waals surface area contributed by atoms with Gasteiger partial charge in [-0.25, -0.2) is 0 Å². The SMILES string of the molecule is Cc1ccc(C(=O)NCCCNC(=O)c2ccccc2)cn1. The molecule has 0 spiro atoms. The molecule has 1 aromatic heterocycles. The van der Waals surface area contributed by atoms with Crippen molar-refractivity contribution in [3.8, 4) is 0 Å². The maximum Gasteiger partial charge on any atom is 0.252 e. The van der Waals surface area contributed by atoms with E-state index in [-0.39, 0.29) is 11.8 Å².